The second kappa shape index (κ2) is 6.76. The van der Waals surface area contributed by atoms with Gasteiger partial charge in [0.05, 0.1) is 18.6 Å². The van der Waals surface area contributed by atoms with Gasteiger partial charge in [-0.2, -0.15) is 4.98 Å². The Morgan fingerprint density at radius 3 is 2.92 bits per heavy atom. The van der Waals surface area contributed by atoms with Gasteiger partial charge in [-0.1, -0.05) is 16.8 Å². The molecule has 1 aliphatic heterocycles. The molecule has 0 aliphatic carbocycles. The highest BCUT2D eigenvalue weighted by Gasteiger charge is 2.37. The van der Waals surface area contributed by atoms with Crippen LogP contribution in [-0.4, -0.2) is 46.1 Å². The number of hydrogen-bond acceptors (Lipinski definition) is 6. The Bertz CT molecular complexity index is 939. The Kier molecular flexibility index (Phi) is 4.30. The number of benzene rings is 1. The van der Waals surface area contributed by atoms with Crippen LogP contribution in [0.15, 0.2) is 47.2 Å². The van der Waals surface area contributed by atoms with Crippen molar-refractivity contribution in [3.63, 3.8) is 0 Å². The van der Waals surface area contributed by atoms with E-state index in [1.54, 1.807) is 35.5 Å². The van der Waals surface area contributed by atoms with Crippen molar-refractivity contribution in [2.24, 2.45) is 0 Å². The minimum atomic E-state index is -0.132. The zero-order valence-electron chi connectivity index (χ0n) is 13.9. The van der Waals surface area contributed by atoms with Gasteiger partial charge in [0.15, 0.2) is 0 Å². The molecule has 4 rings (SSSR count). The Morgan fingerprint density at radius 1 is 1.35 bits per heavy atom. The summed E-state index contributed by atoms with van der Waals surface area (Å²) in [6.45, 7) is 1.01. The summed E-state index contributed by atoms with van der Waals surface area (Å²) < 4.78 is 10.6. The number of ether oxygens (including phenoxy) is 1. The van der Waals surface area contributed by atoms with Gasteiger partial charge in [0.25, 0.3) is 5.91 Å². The monoisotopic (exact) mass is 370 g/mol. The van der Waals surface area contributed by atoms with Gasteiger partial charge in [-0.3, -0.25) is 9.78 Å². The third kappa shape index (κ3) is 3.01. The molecule has 1 aromatic carbocycles. The van der Waals surface area contributed by atoms with Crippen LogP contribution < -0.4 is 4.74 Å². The molecule has 3 aromatic rings. The number of carbonyl (C=O) groups is 1. The van der Waals surface area contributed by atoms with E-state index >= 15 is 0 Å². The average molecular weight is 371 g/mol. The average Bonchev–Trinajstić information content (AvgIpc) is 3.10. The van der Waals surface area contributed by atoms with Crippen LogP contribution in [0, 0.1) is 0 Å². The number of carbonyl (C=O) groups excluding carboxylic acids is 1. The van der Waals surface area contributed by atoms with E-state index in [1.807, 2.05) is 12.1 Å². The SMILES string of the molecule is COc1ccc(Cl)cc1C(=O)N1CC(c2nc(-c3cccnc3)no2)C1. The number of hydrogen-bond donors (Lipinski definition) is 0. The van der Waals surface area contributed by atoms with E-state index in [1.165, 1.54) is 7.11 Å². The fourth-order valence-corrected chi connectivity index (χ4v) is 3.00. The number of aromatic nitrogens is 3. The fourth-order valence-electron chi connectivity index (χ4n) is 2.83. The van der Waals surface area contributed by atoms with Crippen molar-refractivity contribution in [2.45, 2.75) is 5.92 Å². The van der Waals surface area contributed by atoms with Crippen LogP contribution in [0.1, 0.15) is 22.2 Å². The zero-order valence-corrected chi connectivity index (χ0v) is 14.7. The molecule has 7 nitrogen and oxygen atoms in total. The predicted octanol–water partition coefficient (Wildman–Crippen LogP) is 3.03. The third-order valence-electron chi connectivity index (χ3n) is 4.27. The summed E-state index contributed by atoms with van der Waals surface area (Å²) in [4.78, 5) is 22.8. The first-order valence-electron chi connectivity index (χ1n) is 8.02. The summed E-state index contributed by atoms with van der Waals surface area (Å²) in [5.41, 5.74) is 1.23. The van der Waals surface area contributed by atoms with Crippen molar-refractivity contribution in [3.05, 3.63) is 59.2 Å². The van der Waals surface area contributed by atoms with Crippen LogP contribution in [0.5, 0.6) is 5.75 Å². The van der Waals surface area contributed by atoms with E-state index in [4.69, 9.17) is 20.9 Å². The Labute approximate surface area is 154 Å². The number of likely N-dealkylation sites (tertiary alicyclic amines) is 1. The Morgan fingerprint density at radius 2 is 2.19 bits per heavy atom. The standard InChI is InChI=1S/C18H15ClN4O3/c1-25-15-5-4-13(19)7-14(15)18(24)23-9-12(10-23)17-21-16(22-26-17)11-3-2-6-20-8-11/h2-8,12H,9-10H2,1H3. The van der Waals surface area contributed by atoms with E-state index in [0.29, 0.717) is 41.1 Å². The van der Waals surface area contributed by atoms with Gasteiger partial charge in [0.2, 0.25) is 11.7 Å². The number of rotatable bonds is 4. The molecule has 1 saturated heterocycles. The number of methoxy groups -OCH3 is 1. The molecule has 1 fully saturated rings. The van der Waals surface area contributed by atoms with E-state index in [9.17, 15) is 4.79 Å². The molecule has 0 saturated carbocycles. The Balaban J connectivity index is 1.45. The molecule has 0 N–H and O–H groups in total. The first-order chi connectivity index (χ1) is 12.7. The number of pyridine rings is 1. The number of halogens is 1. The summed E-state index contributed by atoms with van der Waals surface area (Å²) >= 11 is 6.00. The van der Waals surface area contributed by atoms with Gasteiger partial charge in [0, 0.05) is 36.1 Å². The van der Waals surface area contributed by atoms with Crippen molar-refractivity contribution in [1.29, 1.82) is 0 Å². The Hall–Kier alpha value is -2.93. The second-order valence-electron chi connectivity index (χ2n) is 5.95. The first kappa shape index (κ1) is 16.5. The van der Waals surface area contributed by atoms with E-state index in [2.05, 4.69) is 15.1 Å². The molecule has 3 heterocycles. The highest BCUT2D eigenvalue weighted by Crippen LogP contribution is 2.31. The van der Waals surface area contributed by atoms with Gasteiger partial charge in [-0.05, 0) is 30.3 Å². The van der Waals surface area contributed by atoms with E-state index in [0.717, 1.165) is 5.56 Å². The van der Waals surface area contributed by atoms with Crippen LogP contribution in [-0.2, 0) is 0 Å². The lowest BCUT2D eigenvalue weighted by atomic mass is 9.98. The topological polar surface area (TPSA) is 81.4 Å². The van der Waals surface area contributed by atoms with Crippen molar-refractivity contribution in [3.8, 4) is 17.1 Å². The normalized spacial score (nSPS) is 14.2. The lowest BCUT2D eigenvalue weighted by Gasteiger charge is -2.37. The lowest BCUT2D eigenvalue weighted by Crippen LogP contribution is -2.48. The molecule has 1 amide bonds. The third-order valence-corrected chi connectivity index (χ3v) is 4.51. The van der Waals surface area contributed by atoms with Crippen LogP contribution in [0.4, 0.5) is 0 Å². The molecule has 26 heavy (non-hydrogen) atoms. The second-order valence-corrected chi connectivity index (χ2v) is 6.39. The predicted molar refractivity (Wildman–Crippen MR) is 94.2 cm³/mol. The number of amides is 1. The van der Waals surface area contributed by atoms with Gasteiger partial charge >= 0.3 is 0 Å². The number of nitrogens with zero attached hydrogens (tertiary/aromatic N) is 4. The van der Waals surface area contributed by atoms with Crippen molar-refractivity contribution >= 4 is 17.5 Å². The molecule has 0 radical (unpaired) electrons. The molecule has 0 atom stereocenters. The van der Waals surface area contributed by atoms with E-state index < -0.39 is 0 Å². The summed E-state index contributed by atoms with van der Waals surface area (Å²) in [6.07, 6.45) is 3.36. The van der Waals surface area contributed by atoms with E-state index in [-0.39, 0.29) is 11.8 Å². The first-order valence-corrected chi connectivity index (χ1v) is 8.40. The molecule has 8 heteroatoms. The maximum atomic E-state index is 12.7. The molecular weight excluding hydrogens is 356 g/mol. The van der Waals surface area contributed by atoms with Crippen molar-refractivity contribution < 1.29 is 14.1 Å². The highest BCUT2D eigenvalue weighted by atomic mass is 35.5. The summed E-state index contributed by atoms with van der Waals surface area (Å²) in [7, 11) is 1.53. The van der Waals surface area contributed by atoms with Crippen molar-refractivity contribution in [1.82, 2.24) is 20.0 Å². The molecule has 0 spiro atoms. The largest absolute Gasteiger partial charge is 0.496 e. The smallest absolute Gasteiger partial charge is 0.257 e. The minimum absolute atomic E-state index is 0.0158. The zero-order chi connectivity index (χ0) is 18.1. The molecule has 0 bridgehead atoms. The van der Waals surface area contributed by atoms with Gasteiger partial charge in [-0.15, -0.1) is 0 Å². The fraction of sp³-hybridized carbons (Fsp3) is 0.222. The lowest BCUT2D eigenvalue weighted by molar-refractivity contribution is 0.0566. The summed E-state index contributed by atoms with van der Waals surface area (Å²) in [6, 6.07) is 8.67. The minimum Gasteiger partial charge on any atom is -0.496 e. The van der Waals surface area contributed by atoms with Gasteiger partial charge < -0.3 is 14.2 Å². The summed E-state index contributed by atoms with van der Waals surface area (Å²) in [5.74, 6) is 1.40. The van der Waals surface area contributed by atoms with Crippen LogP contribution in [0.3, 0.4) is 0 Å². The molecule has 132 valence electrons. The van der Waals surface area contributed by atoms with Crippen molar-refractivity contribution in [2.75, 3.05) is 20.2 Å². The molecule has 2 aromatic heterocycles. The molecule has 0 unspecified atom stereocenters. The molecular formula is C18H15ClN4O3. The highest BCUT2D eigenvalue weighted by molar-refractivity contribution is 6.31. The quantitative estimate of drug-likeness (QED) is 0.702. The van der Waals surface area contributed by atoms with Gasteiger partial charge in [0.1, 0.15) is 5.75 Å². The van der Waals surface area contributed by atoms with Crippen LogP contribution in [0.25, 0.3) is 11.4 Å². The summed E-state index contributed by atoms with van der Waals surface area (Å²) in [5, 5.41) is 4.48. The maximum absolute atomic E-state index is 12.7. The van der Waals surface area contributed by atoms with Gasteiger partial charge in [-0.25, -0.2) is 0 Å². The van der Waals surface area contributed by atoms with Crippen LogP contribution >= 0.6 is 11.6 Å². The maximum Gasteiger partial charge on any atom is 0.257 e. The molecule has 1 aliphatic rings. The van der Waals surface area contributed by atoms with Crippen LogP contribution in [0.2, 0.25) is 5.02 Å².